The van der Waals surface area contributed by atoms with Gasteiger partial charge in [-0.25, -0.2) is 14.7 Å². The van der Waals surface area contributed by atoms with Gasteiger partial charge in [-0.1, -0.05) is 19.3 Å². The third-order valence-electron chi connectivity index (χ3n) is 8.72. The maximum absolute atomic E-state index is 13.5. The smallest absolute Gasteiger partial charge is 0.303 e. The van der Waals surface area contributed by atoms with E-state index in [-0.39, 0.29) is 42.0 Å². The summed E-state index contributed by atoms with van der Waals surface area (Å²) in [7, 11) is -4.02. The molecule has 1 atom stereocenters. The van der Waals surface area contributed by atoms with Crippen molar-refractivity contribution < 1.29 is 18.0 Å². The number of pyridine rings is 2. The first-order valence-corrected chi connectivity index (χ1v) is 17.1. The number of nitrogens with two attached hydrogens (primary N) is 2. The van der Waals surface area contributed by atoms with Crippen LogP contribution in [0.4, 0.5) is 17.5 Å². The summed E-state index contributed by atoms with van der Waals surface area (Å²) in [6.07, 6.45) is 8.76. The van der Waals surface area contributed by atoms with E-state index in [4.69, 9.17) is 16.5 Å². The number of nitrogens with zero attached hydrogens (tertiary/aromatic N) is 6. The highest BCUT2D eigenvalue weighted by Crippen LogP contribution is 2.32. The number of nitrogens with one attached hydrogen (secondary N) is 2. The van der Waals surface area contributed by atoms with Gasteiger partial charge < -0.3 is 21.7 Å². The Balaban J connectivity index is 1.24. The van der Waals surface area contributed by atoms with Crippen LogP contribution in [0.25, 0.3) is 11.0 Å². The number of carbonyl (C=O) groups excluding carboxylic acids is 2. The molecule has 6 N–H and O–H groups in total. The molecule has 1 amide bonds. The summed E-state index contributed by atoms with van der Waals surface area (Å²) in [5.41, 5.74) is 13.1. The molecular formula is C30H42N10O5S. The summed E-state index contributed by atoms with van der Waals surface area (Å²) in [6.45, 7) is 4.82. The van der Waals surface area contributed by atoms with Crippen molar-refractivity contribution in [1.29, 1.82) is 0 Å². The van der Waals surface area contributed by atoms with Gasteiger partial charge in [0.1, 0.15) is 11.5 Å². The van der Waals surface area contributed by atoms with Crippen molar-refractivity contribution in [3.8, 4) is 0 Å². The lowest BCUT2D eigenvalue weighted by Crippen LogP contribution is -2.55. The van der Waals surface area contributed by atoms with Gasteiger partial charge in [-0.15, -0.1) is 0 Å². The van der Waals surface area contributed by atoms with Gasteiger partial charge in [0.05, 0.1) is 23.5 Å². The quantitative estimate of drug-likeness (QED) is 0.162. The van der Waals surface area contributed by atoms with Crippen molar-refractivity contribution in [1.82, 2.24) is 28.5 Å². The van der Waals surface area contributed by atoms with Crippen LogP contribution < -0.4 is 32.0 Å². The average molecular weight is 655 g/mol. The fourth-order valence-electron chi connectivity index (χ4n) is 6.16. The number of amides is 1. The SMILES string of the molecule is CC(=O)c1c(C)c2cnc(Nc3ccc(N4CCN(S(=O)(=O)NC(=O)[C@@H](N)CCCCN)CC4)cn3)nc2n(C2CCCC2)c1=O. The lowest BCUT2D eigenvalue weighted by molar-refractivity contribution is -0.120. The first-order valence-electron chi connectivity index (χ1n) is 15.7. The second kappa shape index (κ2) is 14.2. The van der Waals surface area contributed by atoms with E-state index in [0.717, 1.165) is 31.4 Å². The number of rotatable bonds is 12. The highest BCUT2D eigenvalue weighted by atomic mass is 32.2. The molecule has 0 spiro atoms. The summed E-state index contributed by atoms with van der Waals surface area (Å²) in [6, 6.07) is 2.69. The molecule has 15 nitrogen and oxygen atoms in total. The van der Waals surface area contributed by atoms with Crippen molar-refractivity contribution >= 4 is 50.4 Å². The first kappa shape index (κ1) is 33.4. The highest BCUT2D eigenvalue weighted by Gasteiger charge is 2.30. The number of piperazine rings is 1. The molecule has 1 saturated carbocycles. The van der Waals surface area contributed by atoms with Gasteiger partial charge in [0.25, 0.3) is 11.5 Å². The van der Waals surface area contributed by atoms with E-state index in [9.17, 15) is 22.8 Å². The van der Waals surface area contributed by atoms with Crippen molar-refractivity contribution in [2.75, 3.05) is 42.9 Å². The number of aromatic nitrogens is 4. The zero-order valence-corrected chi connectivity index (χ0v) is 27.1. The molecule has 16 heteroatoms. The minimum absolute atomic E-state index is 0.0235. The molecular weight excluding hydrogens is 612 g/mol. The Morgan fingerprint density at radius 3 is 2.41 bits per heavy atom. The molecule has 46 heavy (non-hydrogen) atoms. The number of anilines is 3. The third-order valence-corrected chi connectivity index (χ3v) is 10.2. The number of hydrogen-bond acceptors (Lipinski definition) is 12. The minimum atomic E-state index is -4.02. The number of ketones is 1. The standard InChI is InChI=1S/C30H42N10O5S/c1-19-23-18-34-30(36-27(23)40(21-7-3-4-8-21)29(43)26(19)20(2)41)35-25-11-10-22(17-33-25)38-13-15-39(16-14-38)46(44,45)37-28(42)24(32)9-5-6-12-31/h10-11,17-18,21,24H,3-9,12-16,31-32H2,1-2H3,(H,37,42)(H,33,34,35,36)/t24-/m0/s1. The Morgan fingerprint density at radius 2 is 1.78 bits per heavy atom. The van der Waals surface area contributed by atoms with Gasteiger partial charge in [0.2, 0.25) is 5.95 Å². The molecule has 1 aliphatic heterocycles. The number of fused-ring (bicyclic) bond motifs is 1. The Kier molecular flexibility index (Phi) is 10.3. The lowest BCUT2D eigenvalue weighted by Gasteiger charge is -2.35. The van der Waals surface area contributed by atoms with Gasteiger partial charge >= 0.3 is 10.2 Å². The van der Waals surface area contributed by atoms with Crippen LogP contribution in [-0.4, -0.2) is 82.7 Å². The summed E-state index contributed by atoms with van der Waals surface area (Å²) >= 11 is 0. The van der Waals surface area contributed by atoms with Crippen LogP contribution in [0, 0.1) is 6.92 Å². The van der Waals surface area contributed by atoms with E-state index in [1.807, 2.05) is 11.0 Å². The van der Waals surface area contributed by atoms with Crippen LogP contribution in [0.1, 0.15) is 73.8 Å². The molecule has 3 aromatic heterocycles. The monoisotopic (exact) mass is 654 g/mol. The van der Waals surface area contributed by atoms with E-state index < -0.39 is 22.2 Å². The maximum atomic E-state index is 13.5. The normalized spacial score (nSPS) is 16.9. The van der Waals surface area contributed by atoms with Crippen molar-refractivity contribution in [3.63, 3.8) is 0 Å². The van der Waals surface area contributed by atoms with Gasteiger partial charge in [-0.3, -0.25) is 19.0 Å². The molecule has 2 fully saturated rings. The minimum Gasteiger partial charge on any atom is -0.368 e. The van der Waals surface area contributed by atoms with Crippen LogP contribution in [0.5, 0.6) is 0 Å². The lowest BCUT2D eigenvalue weighted by atomic mass is 10.0. The Labute approximate surface area is 267 Å². The van der Waals surface area contributed by atoms with Gasteiger partial charge in [0.15, 0.2) is 5.78 Å². The fourth-order valence-corrected chi connectivity index (χ4v) is 7.34. The average Bonchev–Trinajstić information content (AvgIpc) is 3.56. The second-order valence-electron chi connectivity index (χ2n) is 11.9. The molecule has 0 radical (unpaired) electrons. The van der Waals surface area contributed by atoms with Crippen molar-refractivity contribution in [2.45, 2.75) is 70.9 Å². The molecule has 0 bridgehead atoms. The summed E-state index contributed by atoms with van der Waals surface area (Å²) in [5, 5.41) is 3.78. The number of carbonyl (C=O) groups is 2. The number of hydrogen-bond donors (Lipinski definition) is 4. The topological polar surface area (TPSA) is 212 Å². The van der Waals surface area contributed by atoms with E-state index in [2.05, 4.69) is 20.0 Å². The van der Waals surface area contributed by atoms with Gasteiger partial charge in [0, 0.05) is 43.8 Å². The molecule has 0 aromatic carbocycles. The van der Waals surface area contributed by atoms with Crippen LogP contribution in [-0.2, 0) is 15.0 Å². The van der Waals surface area contributed by atoms with Crippen molar-refractivity contribution in [3.05, 3.63) is 46.0 Å². The third kappa shape index (κ3) is 7.19. The number of Topliss-reactive ketones (excluding diaryl/α,β-unsaturated/α-hetero) is 1. The van der Waals surface area contributed by atoms with Gasteiger partial charge in [-0.05, 0) is 63.8 Å². The number of unbranched alkanes of at least 4 members (excludes halogenated alkanes) is 1. The molecule has 0 unspecified atom stereocenters. The van der Waals surface area contributed by atoms with Crippen LogP contribution in [0.3, 0.4) is 0 Å². The van der Waals surface area contributed by atoms with Gasteiger partial charge in [-0.2, -0.15) is 17.7 Å². The predicted molar refractivity (Wildman–Crippen MR) is 175 cm³/mol. The van der Waals surface area contributed by atoms with E-state index in [1.165, 1.54) is 11.2 Å². The highest BCUT2D eigenvalue weighted by molar-refractivity contribution is 7.87. The van der Waals surface area contributed by atoms with E-state index in [0.29, 0.717) is 61.3 Å². The summed E-state index contributed by atoms with van der Waals surface area (Å²) in [4.78, 5) is 53.8. The van der Waals surface area contributed by atoms with Crippen LogP contribution in [0.15, 0.2) is 29.3 Å². The van der Waals surface area contributed by atoms with Crippen LogP contribution >= 0.6 is 0 Å². The van der Waals surface area contributed by atoms with E-state index in [1.54, 1.807) is 30.0 Å². The molecule has 4 heterocycles. The van der Waals surface area contributed by atoms with Crippen LogP contribution in [0.2, 0.25) is 0 Å². The molecule has 5 rings (SSSR count). The Bertz CT molecular complexity index is 1750. The molecule has 248 valence electrons. The fraction of sp³-hybridized carbons (Fsp3) is 0.533. The Morgan fingerprint density at radius 1 is 1.07 bits per heavy atom. The summed E-state index contributed by atoms with van der Waals surface area (Å²) < 4.78 is 30.6. The van der Waals surface area contributed by atoms with E-state index >= 15 is 0 Å². The molecule has 1 aliphatic carbocycles. The number of aryl methyl sites for hydroxylation is 1. The largest absolute Gasteiger partial charge is 0.368 e. The van der Waals surface area contributed by atoms with Crippen molar-refractivity contribution in [2.24, 2.45) is 11.5 Å². The predicted octanol–water partition coefficient (Wildman–Crippen LogP) is 1.50. The Hall–Kier alpha value is -3.99. The molecule has 2 aliphatic rings. The zero-order chi connectivity index (χ0) is 33.0. The second-order valence-corrected chi connectivity index (χ2v) is 13.5. The maximum Gasteiger partial charge on any atom is 0.303 e. The zero-order valence-electron chi connectivity index (χ0n) is 26.2. The molecule has 3 aromatic rings. The first-order chi connectivity index (χ1) is 22.0. The summed E-state index contributed by atoms with van der Waals surface area (Å²) in [5.74, 6) is -0.234. The molecule has 1 saturated heterocycles.